The number of amides is 3. The molecule has 0 aliphatic carbocycles. The van der Waals surface area contributed by atoms with E-state index < -0.39 is 35.6 Å². The Balaban J connectivity index is 1.76. The molecule has 11 heteroatoms. The standard InChI is InChI=1S/C15H15F2N3O5S/c1-26-13(21)18-6-9-7-20(15(23)25-9)8-4-10(16)12(11(17)5-8)19-2-3-24-14(19)22/h4-5,9H,2-3,6-7H2,1H3,(H,18,21). The SMILES string of the molecule is CSC(=O)NCC1CN(c2cc(F)c(N3CCOC3=O)c(F)c2)C(=O)O1. The molecule has 3 amide bonds. The summed E-state index contributed by atoms with van der Waals surface area (Å²) >= 11 is 0.978. The zero-order valence-electron chi connectivity index (χ0n) is 13.7. The van der Waals surface area contributed by atoms with Crippen molar-refractivity contribution in [3.05, 3.63) is 23.8 Å². The fraction of sp³-hybridized carbons (Fsp3) is 0.400. The molecule has 0 saturated carbocycles. The van der Waals surface area contributed by atoms with Gasteiger partial charge in [0, 0.05) is 12.1 Å². The van der Waals surface area contributed by atoms with Gasteiger partial charge in [0.05, 0.1) is 25.3 Å². The summed E-state index contributed by atoms with van der Waals surface area (Å²) in [6.07, 6.45) is -0.648. The number of hydrogen-bond donors (Lipinski definition) is 1. The zero-order chi connectivity index (χ0) is 18.8. The summed E-state index contributed by atoms with van der Waals surface area (Å²) in [6, 6.07) is 1.91. The van der Waals surface area contributed by atoms with E-state index in [0.29, 0.717) is 0 Å². The molecule has 1 aromatic carbocycles. The molecule has 2 fully saturated rings. The van der Waals surface area contributed by atoms with Gasteiger partial charge in [0.25, 0.3) is 5.24 Å². The van der Waals surface area contributed by atoms with E-state index in [2.05, 4.69) is 10.1 Å². The number of ether oxygens (including phenoxy) is 2. The Morgan fingerprint density at radius 3 is 2.54 bits per heavy atom. The Bertz CT molecular complexity index is 740. The number of hydrogen-bond acceptors (Lipinski definition) is 6. The highest BCUT2D eigenvalue weighted by atomic mass is 32.2. The summed E-state index contributed by atoms with van der Waals surface area (Å²) in [6.45, 7) is 0.193. The number of nitrogens with zero attached hydrogens (tertiary/aromatic N) is 2. The van der Waals surface area contributed by atoms with Crippen LogP contribution in [0, 0.1) is 11.6 Å². The van der Waals surface area contributed by atoms with Crippen molar-refractivity contribution >= 4 is 40.6 Å². The monoisotopic (exact) mass is 387 g/mol. The number of halogens is 2. The minimum atomic E-state index is -0.995. The van der Waals surface area contributed by atoms with Crippen molar-refractivity contribution in [2.24, 2.45) is 0 Å². The van der Waals surface area contributed by atoms with Crippen LogP contribution >= 0.6 is 11.8 Å². The molecule has 0 bridgehead atoms. The summed E-state index contributed by atoms with van der Waals surface area (Å²) in [4.78, 5) is 36.6. The highest BCUT2D eigenvalue weighted by molar-refractivity contribution is 8.12. The first kappa shape index (κ1) is 18.2. The van der Waals surface area contributed by atoms with Gasteiger partial charge >= 0.3 is 12.2 Å². The first-order chi connectivity index (χ1) is 12.4. The molecule has 1 aromatic rings. The van der Waals surface area contributed by atoms with E-state index in [1.54, 1.807) is 6.26 Å². The summed E-state index contributed by atoms with van der Waals surface area (Å²) < 4.78 is 38.5. The van der Waals surface area contributed by atoms with Crippen LogP contribution in [-0.4, -0.2) is 56.0 Å². The third-order valence-electron chi connectivity index (χ3n) is 3.88. The molecule has 1 atom stereocenters. The van der Waals surface area contributed by atoms with Gasteiger partial charge in [0.1, 0.15) is 18.4 Å². The Hall–Kier alpha value is -2.56. The van der Waals surface area contributed by atoms with Gasteiger partial charge in [0.2, 0.25) is 0 Å². The van der Waals surface area contributed by atoms with E-state index in [-0.39, 0.29) is 37.2 Å². The highest BCUT2D eigenvalue weighted by Crippen LogP contribution is 2.32. The normalized spacial score (nSPS) is 19.6. The largest absolute Gasteiger partial charge is 0.447 e. The maximum absolute atomic E-state index is 14.4. The second kappa shape index (κ2) is 7.36. The van der Waals surface area contributed by atoms with Crippen LogP contribution in [0.2, 0.25) is 0 Å². The first-order valence-electron chi connectivity index (χ1n) is 7.64. The number of cyclic esters (lactones) is 2. The fourth-order valence-electron chi connectivity index (χ4n) is 2.67. The molecule has 0 aromatic heterocycles. The molecule has 0 spiro atoms. The molecule has 140 valence electrons. The maximum atomic E-state index is 14.4. The number of carbonyl (C=O) groups is 3. The Labute approximate surface area is 151 Å². The molecule has 2 heterocycles. The van der Waals surface area contributed by atoms with Crippen LogP contribution in [-0.2, 0) is 9.47 Å². The van der Waals surface area contributed by atoms with Crippen molar-refractivity contribution in [3.63, 3.8) is 0 Å². The lowest BCUT2D eigenvalue weighted by Crippen LogP contribution is -2.32. The summed E-state index contributed by atoms with van der Waals surface area (Å²) in [5.74, 6) is -1.99. The van der Waals surface area contributed by atoms with Crippen LogP contribution < -0.4 is 15.1 Å². The molecule has 3 rings (SSSR count). The topological polar surface area (TPSA) is 88.2 Å². The first-order valence-corrected chi connectivity index (χ1v) is 8.86. The zero-order valence-corrected chi connectivity index (χ0v) is 14.5. The van der Waals surface area contributed by atoms with Gasteiger partial charge in [0.15, 0.2) is 11.6 Å². The molecule has 8 nitrogen and oxygen atoms in total. The van der Waals surface area contributed by atoms with E-state index in [1.807, 2.05) is 0 Å². The number of thioether (sulfide) groups is 1. The molecule has 1 unspecified atom stereocenters. The maximum Gasteiger partial charge on any atom is 0.414 e. The van der Waals surface area contributed by atoms with Gasteiger partial charge in [-0.25, -0.2) is 18.4 Å². The van der Waals surface area contributed by atoms with Crippen molar-refractivity contribution < 1.29 is 32.6 Å². The lowest BCUT2D eigenvalue weighted by molar-refractivity contribution is 0.141. The third-order valence-corrected chi connectivity index (χ3v) is 4.39. The highest BCUT2D eigenvalue weighted by Gasteiger charge is 2.35. The van der Waals surface area contributed by atoms with E-state index in [0.717, 1.165) is 33.7 Å². The van der Waals surface area contributed by atoms with Crippen molar-refractivity contribution in [3.8, 4) is 0 Å². The van der Waals surface area contributed by atoms with E-state index in [4.69, 9.17) is 4.74 Å². The fourth-order valence-corrected chi connectivity index (χ4v) is 2.90. The Morgan fingerprint density at radius 1 is 1.27 bits per heavy atom. The quantitative estimate of drug-likeness (QED) is 0.853. The number of anilines is 2. The number of carbonyl (C=O) groups excluding carboxylic acids is 3. The predicted octanol–water partition coefficient (Wildman–Crippen LogP) is 2.32. The lowest BCUT2D eigenvalue weighted by Gasteiger charge is -2.18. The van der Waals surface area contributed by atoms with Crippen LogP contribution in [0.25, 0.3) is 0 Å². The third kappa shape index (κ3) is 3.52. The molecular formula is C15H15F2N3O5S. The number of nitrogens with one attached hydrogen (secondary N) is 1. The smallest absolute Gasteiger partial charge is 0.414 e. The van der Waals surface area contributed by atoms with E-state index in [1.165, 1.54) is 0 Å². The van der Waals surface area contributed by atoms with Gasteiger partial charge < -0.3 is 14.8 Å². The van der Waals surface area contributed by atoms with Gasteiger partial charge in [-0.1, -0.05) is 11.8 Å². The average molecular weight is 387 g/mol. The summed E-state index contributed by atoms with van der Waals surface area (Å²) in [5.41, 5.74) is -0.562. The molecule has 2 saturated heterocycles. The van der Waals surface area contributed by atoms with E-state index in [9.17, 15) is 23.2 Å². The lowest BCUT2D eigenvalue weighted by atomic mass is 10.2. The molecule has 0 radical (unpaired) electrons. The van der Waals surface area contributed by atoms with Crippen LogP contribution in [0.1, 0.15) is 0 Å². The van der Waals surface area contributed by atoms with Crippen LogP contribution in [0.5, 0.6) is 0 Å². The minimum Gasteiger partial charge on any atom is -0.447 e. The Kier molecular flexibility index (Phi) is 5.16. The summed E-state index contributed by atoms with van der Waals surface area (Å²) in [7, 11) is 0. The van der Waals surface area contributed by atoms with Gasteiger partial charge in [-0.3, -0.25) is 14.6 Å². The second-order valence-electron chi connectivity index (χ2n) is 5.51. The van der Waals surface area contributed by atoms with Crippen LogP contribution in [0.3, 0.4) is 0 Å². The van der Waals surface area contributed by atoms with Crippen LogP contribution in [0.15, 0.2) is 12.1 Å². The molecule has 2 aliphatic rings. The molecule has 26 heavy (non-hydrogen) atoms. The van der Waals surface area contributed by atoms with Crippen molar-refractivity contribution in [2.75, 3.05) is 42.3 Å². The molecule has 2 aliphatic heterocycles. The molecule has 1 N–H and O–H groups in total. The Morgan fingerprint density at radius 2 is 1.96 bits per heavy atom. The van der Waals surface area contributed by atoms with Gasteiger partial charge in [-0.2, -0.15) is 0 Å². The van der Waals surface area contributed by atoms with Crippen molar-refractivity contribution in [1.82, 2.24) is 5.32 Å². The number of rotatable bonds is 4. The summed E-state index contributed by atoms with van der Waals surface area (Å²) in [5, 5.41) is 2.28. The van der Waals surface area contributed by atoms with Crippen molar-refractivity contribution in [1.29, 1.82) is 0 Å². The minimum absolute atomic E-state index is 0.0253. The van der Waals surface area contributed by atoms with E-state index >= 15 is 0 Å². The average Bonchev–Trinajstić information content (AvgIpc) is 3.18. The molecular weight excluding hydrogens is 372 g/mol. The van der Waals surface area contributed by atoms with Gasteiger partial charge in [-0.05, 0) is 6.26 Å². The van der Waals surface area contributed by atoms with Crippen LogP contribution in [0.4, 0.5) is 34.5 Å². The second-order valence-corrected chi connectivity index (χ2v) is 6.29. The predicted molar refractivity (Wildman–Crippen MR) is 89.6 cm³/mol. The van der Waals surface area contributed by atoms with Gasteiger partial charge in [-0.15, -0.1) is 0 Å². The van der Waals surface area contributed by atoms with Crippen molar-refractivity contribution in [2.45, 2.75) is 6.10 Å². The number of benzene rings is 1.